The zero-order valence-corrected chi connectivity index (χ0v) is 17.1. The molecular weight excluding hydrogens is 374 g/mol. The lowest BCUT2D eigenvalue weighted by molar-refractivity contribution is 0.354. The predicted octanol–water partition coefficient (Wildman–Crippen LogP) is 1.55. The van der Waals surface area contributed by atoms with Gasteiger partial charge in [-0.3, -0.25) is 18.7 Å². The summed E-state index contributed by atoms with van der Waals surface area (Å²) in [5.41, 5.74) is 2.87. The van der Waals surface area contributed by atoms with Crippen LogP contribution in [0.3, 0.4) is 0 Å². The van der Waals surface area contributed by atoms with Crippen LogP contribution in [0.1, 0.15) is 17.0 Å². The fraction of sp³-hybridized carbons (Fsp3) is 0.350. The van der Waals surface area contributed by atoms with E-state index >= 15 is 0 Å². The number of methoxy groups -OCH3 is 2. The Kier molecular flexibility index (Phi) is 4.45. The van der Waals surface area contributed by atoms with Crippen LogP contribution < -0.4 is 20.7 Å². The number of nitrogens with zero attached hydrogens (tertiary/aromatic N) is 4. The number of hydrogen-bond acceptors (Lipinski definition) is 5. The Balaban J connectivity index is 1.81. The number of hydrogen-bond donors (Lipinski definition) is 1. The van der Waals surface area contributed by atoms with E-state index in [4.69, 9.17) is 9.47 Å². The molecule has 0 bridgehead atoms. The van der Waals surface area contributed by atoms with Gasteiger partial charge in [-0.05, 0) is 38.0 Å². The van der Waals surface area contributed by atoms with Gasteiger partial charge in [0.1, 0.15) is 0 Å². The zero-order valence-electron chi connectivity index (χ0n) is 17.1. The Morgan fingerprint density at radius 1 is 1.07 bits per heavy atom. The maximum Gasteiger partial charge on any atom is 0.329 e. The van der Waals surface area contributed by atoms with Crippen molar-refractivity contribution in [1.82, 2.24) is 23.5 Å². The molecule has 9 nitrogen and oxygen atoms in total. The van der Waals surface area contributed by atoms with Crippen molar-refractivity contribution in [2.75, 3.05) is 14.2 Å². The SMILES string of the molecule is COc1ccc(CCn2c(C)c(C)n3c4c(=O)[nH]c(=O)n(C)c4nc23)cc1OC. The molecule has 1 aromatic carbocycles. The fourth-order valence-electron chi connectivity index (χ4n) is 3.72. The van der Waals surface area contributed by atoms with Gasteiger partial charge in [-0.1, -0.05) is 6.07 Å². The zero-order chi connectivity index (χ0) is 20.9. The molecule has 0 spiro atoms. The number of aromatic amines is 1. The summed E-state index contributed by atoms with van der Waals surface area (Å²) in [6.45, 7) is 4.61. The second kappa shape index (κ2) is 6.84. The van der Waals surface area contributed by atoms with Gasteiger partial charge in [0.05, 0.1) is 14.2 Å². The number of nitrogens with one attached hydrogen (secondary N) is 1. The van der Waals surface area contributed by atoms with Crippen molar-refractivity contribution >= 4 is 16.9 Å². The fourth-order valence-corrected chi connectivity index (χ4v) is 3.72. The molecule has 9 heteroatoms. The number of H-pyrrole nitrogens is 1. The number of fused-ring (bicyclic) bond motifs is 3. The van der Waals surface area contributed by atoms with Crippen molar-refractivity contribution < 1.29 is 9.47 Å². The maximum absolute atomic E-state index is 12.4. The third-order valence-electron chi connectivity index (χ3n) is 5.48. The number of imidazole rings is 2. The Morgan fingerprint density at radius 3 is 2.48 bits per heavy atom. The van der Waals surface area contributed by atoms with Crippen molar-refractivity contribution in [2.24, 2.45) is 7.05 Å². The third kappa shape index (κ3) is 2.81. The van der Waals surface area contributed by atoms with Crippen LogP contribution in [-0.2, 0) is 20.0 Å². The smallest absolute Gasteiger partial charge is 0.329 e. The van der Waals surface area contributed by atoms with E-state index in [9.17, 15) is 9.59 Å². The van der Waals surface area contributed by atoms with Crippen molar-refractivity contribution in [2.45, 2.75) is 26.8 Å². The average molecular weight is 397 g/mol. The first-order valence-corrected chi connectivity index (χ1v) is 9.25. The predicted molar refractivity (Wildman–Crippen MR) is 109 cm³/mol. The number of rotatable bonds is 5. The van der Waals surface area contributed by atoms with E-state index in [1.165, 1.54) is 4.57 Å². The molecule has 0 aliphatic rings. The summed E-state index contributed by atoms with van der Waals surface area (Å²) in [6.07, 6.45) is 0.740. The van der Waals surface area contributed by atoms with Gasteiger partial charge in [-0.2, -0.15) is 4.98 Å². The van der Waals surface area contributed by atoms with Gasteiger partial charge in [0.2, 0.25) is 5.78 Å². The minimum Gasteiger partial charge on any atom is -0.493 e. The van der Waals surface area contributed by atoms with Crippen LogP contribution in [0.15, 0.2) is 27.8 Å². The van der Waals surface area contributed by atoms with E-state index in [1.807, 2.05) is 36.4 Å². The highest BCUT2D eigenvalue weighted by molar-refractivity contribution is 5.76. The number of aromatic nitrogens is 5. The lowest BCUT2D eigenvalue weighted by Crippen LogP contribution is -2.28. The standard InChI is InChI=1S/C20H23N5O4/c1-11-12(2)25-16-17(23(3)20(27)22-18(16)26)21-19(25)24(11)9-8-13-6-7-14(28-4)15(10-13)29-5/h6-7,10H,8-9H2,1-5H3,(H,22,26,27). The van der Waals surface area contributed by atoms with Crippen LogP contribution in [0.4, 0.5) is 0 Å². The molecule has 0 aliphatic heterocycles. The molecule has 1 N–H and O–H groups in total. The minimum atomic E-state index is -0.477. The lowest BCUT2D eigenvalue weighted by Gasteiger charge is -2.11. The molecule has 0 unspecified atom stereocenters. The van der Waals surface area contributed by atoms with Gasteiger partial charge in [0, 0.05) is 25.0 Å². The second-order valence-corrected chi connectivity index (χ2v) is 7.00. The molecule has 0 atom stereocenters. The van der Waals surface area contributed by atoms with Gasteiger partial charge < -0.3 is 14.0 Å². The summed E-state index contributed by atoms with van der Waals surface area (Å²) in [6, 6.07) is 5.84. The quantitative estimate of drug-likeness (QED) is 0.551. The molecule has 152 valence electrons. The van der Waals surface area contributed by atoms with Crippen LogP contribution in [0, 0.1) is 13.8 Å². The molecule has 0 radical (unpaired) electrons. The topological polar surface area (TPSA) is 95.6 Å². The van der Waals surface area contributed by atoms with E-state index in [0.717, 1.165) is 23.4 Å². The van der Waals surface area contributed by atoms with Gasteiger partial charge in [0.25, 0.3) is 5.56 Å². The van der Waals surface area contributed by atoms with Crippen molar-refractivity contribution in [3.05, 3.63) is 56.0 Å². The Hall–Kier alpha value is -3.49. The molecule has 3 aromatic heterocycles. The monoisotopic (exact) mass is 397 g/mol. The average Bonchev–Trinajstić information content (AvgIpc) is 3.21. The lowest BCUT2D eigenvalue weighted by atomic mass is 10.1. The van der Waals surface area contributed by atoms with Gasteiger partial charge in [-0.15, -0.1) is 0 Å². The van der Waals surface area contributed by atoms with Crippen LogP contribution in [0.2, 0.25) is 0 Å². The summed E-state index contributed by atoms with van der Waals surface area (Å²) in [5, 5.41) is 0. The first-order valence-electron chi connectivity index (χ1n) is 9.25. The van der Waals surface area contributed by atoms with Crippen LogP contribution in [0.25, 0.3) is 16.9 Å². The van der Waals surface area contributed by atoms with Crippen molar-refractivity contribution in [3.63, 3.8) is 0 Å². The highest BCUT2D eigenvalue weighted by Crippen LogP contribution is 2.28. The van der Waals surface area contributed by atoms with E-state index in [2.05, 4.69) is 14.5 Å². The Labute approximate surface area is 166 Å². The Bertz CT molecular complexity index is 1360. The highest BCUT2D eigenvalue weighted by atomic mass is 16.5. The molecule has 0 amide bonds. The summed E-state index contributed by atoms with van der Waals surface area (Å²) in [5.74, 6) is 2.01. The van der Waals surface area contributed by atoms with Gasteiger partial charge in [0.15, 0.2) is 22.7 Å². The van der Waals surface area contributed by atoms with Gasteiger partial charge in [-0.25, -0.2) is 4.79 Å². The van der Waals surface area contributed by atoms with Crippen molar-refractivity contribution in [3.8, 4) is 11.5 Å². The van der Waals surface area contributed by atoms with Crippen LogP contribution in [-0.4, -0.2) is 37.7 Å². The highest BCUT2D eigenvalue weighted by Gasteiger charge is 2.20. The molecule has 4 rings (SSSR count). The summed E-state index contributed by atoms with van der Waals surface area (Å²) < 4.78 is 15.9. The van der Waals surface area contributed by atoms with E-state index in [0.29, 0.717) is 35.0 Å². The van der Waals surface area contributed by atoms with E-state index in [-0.39, 0.29) is 0 Å². The summed E-state index contributed by atoms with van der Waals surface area (Å²) in [7, 11) is 4.82. The molecule has 0 saturated carbocycles. The van der Waals surface area contributed by atoms with Crippen LogP contribution in [0.5, 0.6) is 11.5 Å². The number of ether oxygens (including phenoxy) is 2. The first kappa shape index (κ1) is 18.9. The largest absolute Gasteiger partial charge is 0.493 e. The molecule has 0 fully saturated rings. The molecule has 29 heavy (non-hydrogen) atoms. The second-order valence-electron chi connectivity index (χ2n) is 7.00. The van der Waals surface area contributed by atoms with Crippen molar-refractivity contribution in [1.29, 1.82) is 0 Å². The maximum atomic E-state index is 12.4. The molecular formula is C20H23N5O4. The summed E-state index contributed by atoms with van der Waals surface area (Å²) >= 11 is 0. The van der Waals surface area contributed by atoms with Crippen LogP contribution >= 0.6 is 0 Å². The first-order chi connectivity index (χ1) is 13.9. The Morgan fingerprint density at radius 2 is 1.79 bits per heavy atom. The molecule has 0 aliphatic carbocycles. The molecule has 4 aromatic rings. The number of aryl methyl sites for hydroxylation is 4. The molecule has 0 saturated heterocycles. The number of benzene rings is 1. The third-order valence-corrected chi connectivity index (χ3v) is 5.48. The molecule has 3 heterocycles. The normalized spacial score (nSPS) is 11.5. The minimum absolute atomic E-state index is 0.372. The summed E-state index contributed by atoms with van der Waals surface area (Å²) in [4.78, 5) is 31.4. The van der Waals surface area contributed by atoms with Gasteiger partial charge >= 0.3 is 5.69 Å². The van der Waals surface area contributed by atoms with E-state index in [1.54, 1.807) is 21.3 Å². The van der Waals surface area contributed by atoms with E-state index < -0.39 is 11.2 Å².